The van der Waals surface area contributed by atoms with Gasteiger partial charge in [0.25, 0.3) is 5.91 Å². The van der Waals surface area contributed by atoms with Crippen LogP contribution in [0.3, 0.4) is 0 Å². The van der Waals surface area contributed by atoms with Crippen molar-refractivity contribution in [3.63, 3.8) is 0 Å². The SMILES string of the molecule is Cc1cc(NC(=O)CN(C)C(=O)c2cnn(-c3ccccc3F)c2C)no1. The molecule has 140 valence electrons. The average Bonchev–Trinajstić information content (AvgIpc) is 3.20. The summed E-state index contributed by atoms with van der Waals surface area (Å²) in [4.78, 5) is 26.0. The van der Waals surface area contributed by atoms with Crippen LogP contribution in [-0.2, 0) is 4.79 Å². The van der Waals surface area contributed by atoms with E-state index in [1.54, 1.807) is 38.1 Å². The number of nitrogens with one attached hydrogen (secondary N) is 1. The molecule has 0 spiro atoms. The first-order valence-corrected chi connectivity index (χ1v) is 8.15. The predicted molar refractivity (Wildman–Crippen MR) is 95.1 cm³/mol. The van der Waals surface area contributed by atoms with Gasteiger partial charge >= 0.3 is 0 Å². The van der Waals surface area contributed by atoms with Gasteiger partial charge in [0.15, 0.2) is 5.82 Å². The summed E-state index contributed by atoms with van der Waals surface area (Å²) in [5.41, 5.74) is 1.01. The molecular weight excluding hydrogens is 353 g/mol. The van der Waals surface area contributed by atoms with Gasteiger partial charge in [0, 0.05) is 13.1 Å². The van der Waals surface area contributed by atoms with Crippen molar-refractivity contribution < 1.29 is 18.5 Å². The van der Waals surface area contributed by atoms with E-state index < -0.39 is 17.6 Å². The Hall–Kier alpha value is -3.49. The third-order valence-electron chi connectivity index (χ3n) is 3.94. The van der Waals surface area contributed by atoms with Crippen LogP contribution >= 0.6 is 0 Å². The first-order valence-electron chi connectivity index (χ1n) is 8.15. The Morgan fingerprint density at radius 2 is 2.04 bits per heavy atom. The lowest BCUT2D eigenvalue weighted by Crippen LogP contribution is -2.35. The molecule has 1 N–H and O–H groups in total. The maximum atomic E-state index is 14.0. The monoisotopic (exact) mass is 371 g/mol. The van der Waals surface area contributed by atoms with Crippen LogP contribution in [0.25, 0.3) is 5.69 Å². The molecule has 27 heavy (non-hydrogen) atoms. The number of hydrogen-bond acceptors (Lipinski definition) is 5. The molecule has 1 aromatic carbocycles. The highest BCUT2D eigenvalue weighted by Crippen LogP contribution is 2.18. The number of anilines is 1. The molecule has 3 aromatic rings. The molecule has 0 unspecified atom stereocenters. The van der Waals surface area contributed by atoms with Crippen molar-refractivity contribution in [1.82, 2.24) is 19.8 Å². The van der Waals surface area contributed by atoms with Gasteiger partial charge in [0.1, 0.15) is 17.3 Å². The van der Waals surface area contributed by atoms with Crippen molar-refractivity contribution >= 4 is 17.6 Å². The number of likely N-dealkylation sites (N-methyl/N-ethyl adjacent to an activating group) is 1. The number of amides is 2. The topological polar surface area (TPSA) is 93.3 Å². The second kappa shape index (κ2) is 7.40. The minimum Gasteiger partial charge on any atom is -0.360 e. The maximum Gasteiger partial charge on any atom is 0.257 e. The number of rotatable bonds is 5. The fourth-order valence-electron chi connectivity index (χ4n) is 2.59. The van der Waals surface area contributed by atoms with E-state index in [-0.39, 0.29) is 23.6 Å². The molecular formula is C18H18FN5O3. The van der Waals surface area contributed by atoms with Gasteiger partial charge in [-0.3, -0.25) is 9.59 Å². The molecule has 3 rings (SSSR count). The van der Waals surface area contributed by atoms with E-state index in [4.69, 9.17) is 4.52 Å². The minimum atomic E-state index is -0.446. The maximum absolute atomic E-state index is 14.0. The van der Waals surface area contributed by atoms with Crippen LogP contribution in [-0.4, -0.2) is 45.2 Å². The Morgan fingerprint density at radius 3 is 2.70 bits per heavy atom. The number of nitrogens with zero attached hydrogens (tertiary/aromatic N) is 4. The molecule has 0 bridgehead atoms. The Morgan fingerprint density at radius 1 is 1.30 bits per heavy atom. The summed E-state index contributed by atoms with van der Waals surface area (Å²) in [6, 6.07) is 7.72. The first kappa shape index (κ1) is 18.3. The van der Waals surface area contributed by atoms with Crippen LogP contribution in [0.4, 0.5) is 10.2 Å². The Balaban J connectivity index is 1.72. The zero-order valence-corrected chi connectivity index (χ0v) is 15.1. The summed E-state index contributed by atoms with van der Waals surface area (Å²) in [6.45, 7) is 3.18. The van der Waals surface area contributed by atoms with Crippen molar-refractivity contribution in [2.45, 2.75) is 13.8 Å². The van der Waals surface area contributed by atoms with Gasteiger partial charge in [-0.25, -0.2) is 9.07 Å². The van der Waals surface area contributed by atoms with Crippen molar-refractivity contribution in [2.75, 3.05) is 18.9 Å². The lowest BCUT2D eigenvalue weighted by Gasteiger charge is -2.16. The number of aromatic nitrogens is 3. The zero-order valence-electron chi connectivity index (χ0n) is 15.1. The van der Waals surface area contributed by atoms with E-state index in [0.717, 1.165) is 0 Å². The van der Waals surface area contributed by atoms with E-state index in [9.17, 15) is 14.0 Å². The normalized spacial score (nSPS) is 10.7. The number of hydrogen-bond donors (Lipinski definition) is 1. The molecule has 8 nitrogen and oxygen atoms in total. The van der Waals surface area contributed by atoms with Crippen LogP contribution in [0, 0.1) is 19.7 Å². The van der Waals surface area contributed by atoms with Crippen molar-refractivity contribution in [1.29, 1.82) is 0 Å². The summed E-state index contributed by atoms with van der Waals surface area (Å²) in [5.74, 6) is -0.425. The molecule has 0 aliphatic heterocycles. The van der Waals surface area contributed by atoms with Crippen LogP contribution in [0.15, 0.2) is 41.1 Å². The van der Waals surface area contributed by atoms with Gasteiger partial charge < -0.3 is 14.7 Å². The Kier molecular flexibility index (Phi) is 5.02. The smallest absolute Gasteiger partial charge is 0.257 e. The number of carbonyl (C=O) groups excluding carboxylic acids is 2. The molecule has 2 amide bonds. The summed E-state index contributed by atoms with van der Waals surface area (Å²) < 4.78 is 20.2. The number of aryl methyl sites for hydroxylation is 1. The molecule has 0 fully saturated rings. The largest absolute Gasteiger partial charge is 0.360 e. The van der Waals surface area contributed by atoms with Crippen molar-refractivity contribution in [3.05, 3.63) is 59.4 Å². The lowest BCUT2D eigenvalue weighted by molar-refractivity contribution is -0.116. The van der Waals surface area contributed by atoms with Crippen molar-refractivity contribution in [2.24, 2.45) is 0 Å². The molecule has 0 aliphatic carbocycles. The number of benzene rings is 1. The van der Waals surface area contributed by atoms with E-state index in [1.165, 1.54) is 28.9 Å². The minimum absolute atomic E-state index is 0.185. The zero-order chi connectivity index (χ0) is 19.6. The van der Waals surface area contributed by atoms with Crippen LogP contribution in [0.1, 0.15) is 21.8 Å². The summed E-state index contributed by atoms with van der Waals surface area (Å²) in [6.07, 6.45) is 1.36. The number of halogens is 1. The Bertz CT molecular complexity index is 995. The Labute approximate surface area is 154 Å². The molecule has 0 atom stereocenters. The second-order valence-electron chi connectivity index (χ2n) is 6.04. The third-order valence-corrected chi connectivity index (χ3v) is 3.94. The number of carbonyl (C=O) groups is 2. The quantitative estimate of drug-likeness (QED) is 0.743. The van der Waals surface area contributed by atoms with E-state index in [2.05, 4.69) is 15.6 Å². The van der Waals surface area contributed by atoms with Crippen LogP contribution in [0.2, 0.25) is 0 Å². The predicted octanol–water partition coefficient (Wildman–Crippen LogP) is 2.33. The first-order chi connectivity index (χ1) is 12.9. The van der Waals surface area contributed by atoms with E-state index in [1.807, 2.05) is 0 Å². The summed E-state index contributed by atoms with van der Waals surface area (Å²) in [7, 11) is 1.50. The second-order valence-corrected chi connectivity index (χ2v) is 6.04. The lowest BCUT2D eigenvalue weighted by atomic mass is 10.2. The van der Waals surface area contributed by atoms with Gasteiger partial charge in [0.2, 0.25) is 5.91 Å². The van der Waals surface area contributed by atoms with Gasteiger partial charge in [-0.1, -0.05) is 17.3 Å². The van der Waals surface area contributed by atoms with Gasteiger partial charge in [-0.05, 0) is 26.0 Å². The van der Waals surface area contributed by atoms with Crippen LogP contribution in [0.5, 0.6) is 0 Å². The fourth-order valence-corrected chi connectivity index (χ4v) is 2.59. The molecule has 0 saturated carbocycles. The molecule has 9 heteroatoms. The van der Waals surface area contributed by atoms with E-state index >= 15 is 0 Å². The van der Waals surface area contributed by atoms with E-state index in [0.29, 0.717) is 11.5 Å². The third kappa shape index (κ3) is 3.86. The molecule has 0 saturated heterocycles. The van der Waals surface area contributed by atoms with Crippen LogP contribution < -0.4 is 5.32 Å². The highest BCUT2D eigenvalue weighted by molar-refractivity contribution is 5.99. The number of para-hydroxylation sites is 1. The molecule has 0 aliphatic rings. The molecule has 0 radical (unpaired) electrons. The van der Waals surface area contributed by atoms with Gasteiger partial charge in [0.05, 0.1) is 24.0 Å². The highest BCUT2D eigenvalue weighted by Gasteiger charge is 2.21. The highest BCUT2D eigenvalue weighted by atomic mass is 19.1. The summed E-state index contributed by atoms with van der Waals surface area (Å²) >= 11 is 0. The summed E-state index contributed by atoms with van der Waals surface area (Å²) in [5, 5.41) is 10.3. The fraction of sp³-hybridized carbons (Fsp3) is 0.222. The average molecular weight is 371 g/mol. The standard InChI is InChI=1S/C18H18FN5O3/c1-11-8-16(22-27-11)21-17(25)10-23(3)18(26)13-9-20-24(12(13)2)15-7-5-4-6-14(15)19/h4-9H,10H2,1-3H3,(H,21,22,25). The van der Waals surface area contributed by atoms with Crippen molar-refractivity contribution in [3.8, 4) is 5.69 Å². The molecule has 2 aromatic heterocycles. The molecule has 2 heterocycles. The van der Waals surface area contributed by atoms with Gasteiger partial charge in [-0.2, -0.15) is 5.10 Å². The van der Waals surface area contributed by atoms with Gasteiger partial charge in [-0.15, -0.1) is 0 Å².